The maximum absolute atomic E-state index is 10.7. The molecule has 1 aliphatic rings. The molecule has 1 fully saturated rings. The van der Waals surface area contributed by atoms with Gasteiger partial charge < -0.3 is 20.6 Å². The van der Waals surface area contributed by atoms with Crippen LogP contribution in [-0.2, 0) is 9.59 Å². The van der Waals surface area contributed by atoms with Crippen molar-refractivity contribution in [2.75, 3.05) is 6.54 Å². The summed E-state index contributed by atoms with van der Waals surface area (Å²) < 4.78 is 0. The van der Waals surface area contributed by atoms with Crippen molar-refractivity contribution >= 4 is 11.9 Å². The quantitative estimate of drug-likeness (QED) is 0.353. The smallest absolute Gasteiger partial charge is 0.311 e. The monoisotopic (exact) mass is 175 g/mol. The van der Waals surface area contributed by atoms with Gasteiger partial charge in [0.1, 0.15) is 12.0 Å². The molecule has 0 unspecified atom stereocenters. The van der Waals surface area contributed by atoms with Gasteiger partial charge in [0.05, 0.1) is 0 Å². The van der Waals surface area contributed by atoms with Crippen molar-refractivity contribution in [2.24, 2.45) is 5.92 Å². The molecule has 1 saturated heterocycles. The summed E-state index contributed by atoms with van der Waals surface area (Å²) in [5.41, 5.74) is 0. The minimum Gasteiger partial charge on any atom is -0.481 e. The van der Waals surface area contributed by atoms with Gasteiger partial charge >= 0.3 is 5.97 Å². The molecule has 4 N–H and O–H groups in total. The van der Waals surface area contributed by atoms with E-state index in [0.29, 0.717) is 0 Å². The van der Waals surface area contributed by atoms with Crippen LogP contribution in [0.5, 0.6) is 0 Å². The van der Waals surface area contributed by atoms with Crippen molar-refractivity contribution in [3.8, 4) is 0 Å². The predicted molar refractivity (Wildman–Crippen MR) is 36.1 cm³/mol. The molecule has 1 rings (SSSR count). The zero-order valence-electron chi connectivity index (χ0n) is 6.10. The zero-order chi connectivity index (χ0) is 9.30. The third-order valence-corrected chi connectivity index (χ3v) is 1.82. The molecule has 0 aromatic rings. The predicted octanol–water partition coefficient (Wildman–Crippen LogP) is -2.46. The van der Waals surface area contributed by atoms with E-state index in [-0.39, 0.29) is 6.54 Å². The van der Waals surface area contributed by atoms with Gasteiger partial charge in [0.2, 0.25) is 0 Å². The van der Waals surface area contributed by atoms with Gasteiger partial charge in [0.25, 0.3) is 5.91 Å². The standard InChI is InChI=1S/C6H9NO5/c8-3-2(6(11)12)1-7-5(10)4(3)9/h2-4,8-9H,1H2,(H,7,10)(H,11,12)/t2-,3+,4-/m0/s1. The molecule has 0 spiro atoms. The summed E-state index contributed by atoms with van der Waals surface area (Å²) in [6.45, 7) is -0.146. The van der Waals surface area contributed by atoms with Gasteiger partial charge in [-0.2, -0.15) is 0 Å². The van der Waals surface area contributed by atoms with E-state index in [0.717, 1.165) is 0 Å². The first kappa shape index (κ1) is 8.95. The number of carboxylic acid groups (broad SMARTS) is 1. The largest absolute Gasteiger partial charge is 0.481 e. The lowest BCUT2D eigenvalue weighted by atomic mass is 9.94. The number of amides is 1. The molecule has 6 heteroatoms. The van der Waals surface area contributed by atoms with E-state index >= 15 is 0 Å². The summed E-state index contributed by atoms with van der Waals surface area (Å²) in [7, 11) is 0. The first-order chi connectivity index (χ1) is 5.54. The average Bonchev–Trinajstić information content (AvgIpc) is 2.00. The lowest BCUT2D eigenvalue weighted by molar-refractivity contribution is -0.157. The maximum atomic E-state index is 10.7. The Kier molecular flexibility index (Phi) is 2.30. The highest BCUT2D eigenvalue weighted by Gasteiger charge is 2.40. The summed E-state index contributed by atoms with van der Waals surface area (Å²) in [5, 5.41) is 28.7. The Morgan fingerprint density at radius 1 is 1.50 bits per heavy atom. The molecule has 68 valence electrons. The molecule has 1 aliphatic heterocycles. The van der Waals surface area contributed by atoms with Crippen molar-refractivity contribution in [3.05, 3.63) is 0 Å². The molecule has 0 aliphatic carbocycles. The van der Waals surface area contributed by atoms with Gasteiger partial charge in [-0.15, -0.1) is 0 Å². The number of hydrogen-bond acceptors (Lipinski definition) is 4. The topological polar surface area (TPSA) is 107 Å². The highest BCUT2D eigenvalue weighted by Crippen LogP contribution is 2.12. The van der Waals surface area contributed by atoms with Crippen LogP contribution in [0.3, 0.4) is 0 Å². The number of aliphatic hydroxyl groups excluding tert-OH is 2. The van der Waals surface area contributed by atoms with Crippen LogP contribution in [0, 0.1) is 5.92 Å². The van der Waals surface area contributed by atoms with Crippen LogP contribution in [0.25, 0.3) is 0 Å². The number of carbonyl (C=O) groups excluding carboxylic acids is 1. The molecule has 0 aromatic heterocycles. The lowest BCUT2D eigenvalue weighted by Crippen LogP contribution is -2.56. The summed E-state index contributed by atoms with van der Waals surface area (Å²) in [5.74, 6) is -3.10. The summed E-state index contributed by atoms with van der Waals surface area (Å²) in [6.07, 6.45) is -3.16. The van der Waals surface area contributed by atoms with E-state index in [1.54, 1.807) is 0 Å². The van der Waals surface area contributed by atoms with E-state index in [1.807, 2.05) is 0 Å². The van der Waals surface area contributed by atoms with Crippen LogP contribution < -0.4 is 5.32 Å². The van der Waals surface area contributed by atoms with E-state index in [2.05, 4.69) is 5.32 Å². The van der Waals surface area contributed by atoms with Gasteiger partial charge in [-0.05, 0) is 0 Å². The Bertz CT molecular complexity index is 216. The summed E-state index contributed by atoms with van der Waals surface area (Å²) in [6, 6.07) is 0. The van der Waals surface area contributed by atoms with Crippen molar-refractivity contribution in [2.45, 2.75) is 12.2 Å². The van der Waals surface area contributed by atoms with Gasteiger partial charge in [-0.25, -0.2) is 0 Å². The summed E-state index contributed by atoms with van der Waals surface area (Å²) in [4.78, 5) is 21.1. The van der Waals surface area contributed by atoms with Crippen molar-refractivity contribution in [1.82, 2.24) is 5.32 Å². The number of nitrogens with one attached hydrogen (secondary N) is 1. The van der Waals surface area contributed by atoms with Crippen LogP contribution in [0.1, 0.15) is 0 Å². The van der Waals surface area contributed by atoms with Crippen LogP contribution in [0.2, 0.25) is 0 Å². The maximum Gasteiger partial charge on any atom is 0.311 e. The zero-order valence-corrected chi connectivity index (χ0v) is 6.10. The molecule has 12 heavy (non-hydrogen) atoms. The van der Waals surface area contributed by atoms with Crippen LogP contribution in [0.15, 0.2) is 0 Å². The van der Waals surface area contributed by atoms with E-state index in [4.69, 9.17) is 15.3 Å². The fraction of sp³-hybridized carbons (Fsp3) is 0.667. The molecule has 1 amide bonds. The van der Waals surface area contributed by atoms with Crippen molar-refractivity contribution in [3.63, 3.8) is 0 Å². The minimum absolute atomic E-state index is 0.146. The Morgan fingerprint density at radius 3 is 2.58 bits per heavy atom. The molecular formula is C6H9NO5. The van der Waals surface area contributed by atoms with Crippen LogP contribution >= 0.6 is 0 Å². The Morgan fingerprint density at radius 2 is 2.08 bits per heavy atom. The van der Waals surface area contributed by atoms with Crippen LogP contribution in [0.4, 0.5) is 0 Å². The van der Waals surface area contributed by atoms with E-state index in [9.17, 15) is 9.59 Å². The second kappa shape index (κ2) is 3.08. The van der Waals surface area contributed by atoms with Gasteiger partial charge in [0.15, 0.2) is 6.10 Å². The molecule has 6 nitrogen and oxygen atoms in total. The van der Waals surface area contributed by atoms with E-state index < -0.39 is 30.0 Å². The first-order valence-electron chi connectivity index (χ1n) is 3.40. The van der Waals surface area contributed by atoms with Gasteiger partial charge in [-0.1, -0.05) is 0 Å². The van der Waals surface area contributed by atoms with Crippen molar-refractivity contribution in [1.29, 1.82) is 0 Å². The van der Waals surface area contributed by atoms with Crippen LogP contribution in [-0.4, -0.2) is 45.9 Å². The third-order valence-electron chi connectivity index (χ3n) is 1.82. The number of aliphatic hydroxyl groups is 2. The summed E-state index contributed by atoms with van der Waals surface area (Å²) >= 11 is 0. The lowest BCUT2D eigenvalue weighted by Gasteiger charge is -2.28. The first-order valence-corrected chi connectivity index (χ1v) is 3.40. The van der Waals surface area contributed by atoms with E-state index in [1.165, 1.54) is 0 Å². The second-order valence-corrected chi connectivity index (χ2v) is 2.63. The number of carbonyl (C=O) groups is 2. The fourth-order valence-electron chi connectivity index (χ4n) is 1.04. The highest BCUT2D eigenvalue weighted by atomic mass is 16.4. The molecule has 1 heterocycles. The number of rotatable bonds is 1. The molecule has 0 saturated carbocycles. The molecule has 0 radical (unpaired) electrons. The SMILES string of the molecule is O=C1NC[C@H](C(=O)O)[C@@H](O)[C@@H]1O. The second-order valence-electron chi connectivity index (χ2n) is 2.63. The van der Waals surface area contributed by atoms with Gasteiger partial charge in [-0.3, -0.25) is 9.59 Å². The highest BCUT2D eigenvalue weighted by molar-refractivity contribution is 5.85. The fourth-order valence-corrected chi connectivity index (χ4v) is 1.04. The molecule has 0 aromatic carbocycles. The Hall–Kier alpha value is -1.14. The Balaban J connectivity index is 2.71. The number of hydrogen-bond donors (Lipinski definition) is 4. The minimum atomic E-state index is -1.64. The normalized spacial score (nSPS) is 35.8. The van der Waals surface area contributed by atoms with Crippen molar-refractivity contribution < 1.29 is 24.9 Å². The van der Waals surface area contributed by atoms with Gasteiger partial charge in [0, 0.05) is 6.54 Å². The molecular weight excluding hydrogens is 166 g/mol. The number of carboxylic acids is 1. The number of piperidine rings is 1. The molecule has 0 bridgehead atoms. The third kappa shape index (κ3) is 1.39. The molecule has 3 atom stereocenters. The Labute approximate surface area is 67.8 Å². The average molecular weight is 175 g/mol. The number of aliphatic carboxylic acids is 1.